The molecule has 27 heavy (non-hydrogen) atoms. The van der Waals surface area contributed by atoms with E-state index in [0.29, 0.717) is 10.7 Å². The molecule has 0 fully saturated rings. The maximum absolute atomic E-state index is 12.3. The van der Waals surface area contributed by atoms with Gasteiger partial charge in [0.05, 0.1) is 17.1 Å². The highest BCUT2D eigenvalue weighted by atomic mass is 35.5. The summed E-state index contributed by atoms with van der Waals surface area (Å²) in [6.07, 6.45) is 0.239. The third-order valence-corrected chi connectivity index (χ3v) is 5.17. The summed E-state index contributed by atoms with van der Waals surface area (Å²) in [6.45, 7) is 0. The summed E-state index contributed by atoms with van der Waals surface area (Å²) in [6, 6.07) is 15.6. The lowest BCUT2D eigenvalue weighted by Gasteiger charge is -2.14. The minimum atomic E-state index is -1.07. The van der Waals surface area contributed by atoms with Crippen LogP contribution in [-0.2, 0) is 22.4 Å². The van der Waals surface area contributed by atoms with Crippen molar-refractivity contribution in [2.45, 2.75) is 18.9 Å². The molecule has 0 radical (unpaired) electrons. The zero-order chi connectivity index (χ0) is 19.2. The molecular formula is C20H17ClN2O3S. The van der Waals surface area contributed by atoms with E-state index in [-0.39, 0.29) is 18.7 Å². The Kier molecular flexibility index (Phi) is 6.21. The van der Waals surface area contributed by atoms with Crippen LogP contribution in [0.5, 0.6) is 0 Å². The van der Waals surface area contributed by atoms with Gasteiger partial charge in [0.1, 0.15) is 11.0 Å². The van der Waals surface area contributed by atoms with E-state index in [1.54, 1.807) is 11.4 Å². The van der Waals surface area contributed by atoms with Gasteiger partial charge in [-0.05, 0) is 11.6 Å². The molecule has 0 bridgehead atoms. The molecule has 0 aliphatic carbocycles. The fraction of sp³-hybridized carbons (Fsp3) is 0.150. The second-order valence-electron chi connectivity index (χ2n) is 5.95. The molecule has 2 aromatic carbocycles. The Morgan fingerprint density at radius 3 is 2.52 bits per heavy atom. The van der Waals surface area contributed by atoms with E-state index >= 15 is 0 Å². The van der Waals surface area contributed by atoms with Gasteiger partial charge in [-0.1, -0.05) is 60.1 Å². The number of carboxylic acid groups (broad SMARTS) is 1. The Labute approximate surface area is 165 Å². The fourth-order valence-electron chi connectivity index (χ4n) is 2.61. The van der Waals surface area contributed by atoms with Crippen LogP contribution in [0, 0.1) is 0 Å². The first-order valence-electron chi connectivity index (χ1n) is 8.28. The molecule has 7 heteroatoms. The molecule has 2 N–H and O–H groups in total. The minimum Gasteiger partial charge on any atom is -0.480 e. The number of carbonyl (C=O) groups is 2. The highest BCUT2D eigenvalue weighted by Gasteiger charge is 2.21. The molecule has 3 aromatic rings. The zero-order valence-electron chi connectivity index (χ0n) is 14.3. The molecular weight excluding hydrogens is 384 g/mol. The van der Waals surface area contributed by atoms with Crippen molar-refractivity contribution >= 4 is 34.8 Å². The molecule has 1 heterocycles. The topological polar surface area (TPSA) is 79.3 Å². The number of halogens is 1. The SMILES string of the molecule is O=C(Cc1csc(-c2ccccc2Cl)n1)N[C@H](Cc1ccccc1)C(=O)O. The molecule has 0 aliphatic heterocycles. The summed E-state index contributed by atoms with van der Waals surface area (Å²) in [5.74, 6) is -1.45. The summed E-state index contributed by atoms with van der Waals surface area (Å²) >= 11 is 7.57. The molecule has 0 aliphatic rings. The van der Waals surface area contributed by atoms with Crippen LogP contribution in [-0.4, -0.2) is 28.0 Å². The zero-order valence-corrected chi connectivity index (χ0v) is 15.8. The van der Waals surface area contributed by atoms with Gasteiger partial charge in [0, 0.05) is 17.4 Å². The van der Waals surface area contributed by atoms with Crippen molar-refractivity contribution in [2.75, 3.05) is 0 Å². The first-order chi connectivity index (χ1) is 13.0. The Morgan fingerprint density at radius 2 is 1.81 bits per heavy atom. The van der Waals surface area contributed by atoms with Gasteiger partial charge in [0.25, 0.3) is 0 Å². The molecule has 1 amide bonds. The molecule has 3 rings (SSSR count). The van der Waals surface area contributed by atoms with Crippen molar-refractivity contribution in [2.24, 2.45) is 0 Å². The lowest BCUT2D eigenvalue weighted by Crippen LogP contribution is -2.43. The summed E-state index contributed by atoms with van der Waals surface area (Å²) in [7, 11) is 0. The molecule has 138 valence electrons. The van der Waals surface area contributed by atoms with Crippen molar-refractivity contribution in [3.63, 3.8) is 0 Å². The molecule has 0 saturated heterocycles. The van der Waals surface area contributed by atoms with Crippen LogP contribution >= 0.6 is 22.9 Å². The Hall–Kier alpha value is -2.70. The normalized spacial score (nSPS) is 11.7. The van der Waals surface area contributed by atoms with E-state index < -0.39 is 12.0 Å². The van der Waals surface area contributed by atoms with E-state index in [0.717, 1.165) is 16.1 Å². The number of nitrogens with one attached hydrogen (secondary N) is 1. The number of nitrogens with zero attached hydrogens (tertiary/aromatic N) is 1. The lowest BCUT2D eigenvalue weighted by molar-refractivity contribution is -0.141. The van der Waals surface area contributed by atoms with Gasteiger partial charge < -0.3 is 10.4 Å². The number of hydrogen-bond donors (Lipinski definition) is 2. The van der Waals surface area contributed by atoms with Crippen LogP contribution < -0.4 is 5.32 Å². The van der Waals surface area contributed by atoms with Crippen LogP contribution in [0.1, 0.15) is 11.3 Å². The Bertz CT molecular complexity index is 943. The van der Waals surface area contributed by atoms with E-state index in [9.17, 15) is 14.7 Å². The van der Waals surface area contributed by atoms with Crippen molar-refractivity contribution in [3.8, 4) is 10.6 Å². The van der Waals surface area contributed by atoms with E-state index in [2.05, 4.69) is 10.3 Å². The molecule has 1 aromatic heterocycles. The van der Waals surface area contributed by atoms with E-state index in [4.69, 9.17) is 11.6 Å². The smallest absolute Gasteiger partial charge is 0.326 e. The number of amides is 1. The van der Waals surface area contributed by atoms with Crippen LogP contribution in [0.4, 0.5) is 0 Å². The van der Waals surface area contributed by atoms with Crippen LogP contribution in [0.15, 0.2) is 60.0 Å². The van der Waals surface area contributed by atoms with Gasteiger partial charge in [-0.3, -0.25) is 4.79 Å². The monoisotopic (exact) mass is 400 g/mol. The van der Waals surface area contributed by atoms with Crippen LogP contribution in [0.25, 0.3) is 10.6 Å². The molecule has 0 spiro atoms. The van der Waals surface area contributed by atoms with E-state index in [1.165, 1.54) is 11.3 Å². The Balaban J connectivity index is 1.64. The molecule has 0 unspecified atom stereocenters. The average molecular weight is 401 g/mol. The van der Waals surface area contributed by atoms with Crippen molar-refractivity contribution in [3.05, 3.63) is 76.3 Å². The third-order valence-electron chi connectivity index (χ3n) is 3.91. The Morgan fingerprint density at radius 1 is 1.11 bits per heavy atom. The number of carbonyl (C=O) groups excluding carboxylic acids is 1. The van der Waals surface area contributed by atoms with E-state index in [1.807, 2.05) is 48.5 Å². The van der Waals surface area contributed by atoms with Crippen LogP contribution in [0.2, 0.25) is 5.02 Å². The minimum absolute atomic E-state index is 0.0134. The number of hydrogen-bond acceptors (Lipinski definition) is 4. The largest absolute Gasteiger partial charge is 0.480 e. The highest BCUT2D eigenvalue weighted by Crippen LogP contribution is 2.30. The van der Waals surface area contributed by atoms with Gasteiger partial charge in [0.2, 0.25) is 5.91 Å². The summed E-state index contributed by atoms with van der Waals surface area (Å²) in [5, 5.41) is 15.1. The number of benzene rings is 2. The number of rotatable bonds is 7. The average Bonchev–Trinajstić information content (AvgIpc) is 3.10. The van der Waals surface area contributed by atoms with Crippen LogP contribution in [0.3, 0.4) is 0 Å². The lowest BCUT2D eigenvalue weighted by atomic mass is 10.1. The maximum atomic E-state index is 12.3. The standard InChI is InChI=1S/C20H17ClN2O3S/c21-16-9-5-4-8-15(16)19-22-14(12-27-19)11-18(24)23-17(20(25)26)10-13-6-2-1-3-7-13/h1-9,12,17H,10-11H2,(H,23,24)(H,25,26)/t17-/m1/s1. The van der Waals surface area contributed by atoms with Gasteiger partial charge in [-0.2, -0.15) is 0 Å². The predicted octanol–water partition coefficient (Wildman–Crippen LogP) is 3.82. The first kappa shape index (κ1) is 19.1. The van der Waals surface area contributed by atoms with Crippen molar-refractivity contribution in [1.82, 2.24) is 10.3 Å². The second kappa shape index (κ2) is 8.79. The van der Waals surface area contributed by atoms with Gasteiger partial charge in [-0.15, -0.1) is 11.3 Å². The maximum Gasteiger partial charge on any atom is 0.326 e. The summed E-state index contributed by atoms with van der Waals surface area (Å²) in [4.78, 5) is 28.2. The third kappa shape index (κ3) is 5.15. The first-order valence-corrected chi connectivity index (χ1v) is 9.54. The number of aliphatic carboxylic acids is 1. The molecule has 1 atom stereocenters. The van der Waals surface area contributed by atoms with Gasteiger partial charge >= 0.3 is 5.97 Å². The molecule has 0 saturated carbocycles. The fourth-order valence-corrected chi connectivity index (χ4v) is 3.75. The van der Waals surface area contributed by atoms with Gasteiger partial charge in [0.15, 0.2) is 0 Å². The summed E-state index contributed by atoms with van der Waals surface area (Å²) < 4.78 is 0. The number of aromatic nitrogens is 1. The summed E-state index contributed by atoms with van der Waals surface area (Å²) in [5.41, 5.74) is 2.24. The number of carboxylic acids is 1. The predicted molar refractivity (Wildman–Crippen MR) is 106 cm³/mol. The van der Waals surface area contributed by atoms with Gasteiger partial charge in [-0.25, -0.2) is 9.78 Å². The quantitative estimate of drug-likeness (QED) is 0.632. The van der Waals surface area contributed by atoms with Crippen molar-refractivity contribution < 1.29 is 14.7 Å². The molecule has 5 nitrogen and oxygen atoms in total. The van der Waals surface area contributed by atoms with Crippen molar-refractivity contribution in [1.29, 1.82) is 0 Å². The highest BCUT2D eigenvalue weighted by molar-refractivity contribution is 7.13. The second-order valence-corrected chi connectivity index (χ2v) is 7.21. The number of thiazole rings is 1.